The Balaban J connectivity index is 1.74. The summed E-state index contributed by atoms with van der Waals surface area (Å²) in [4.78, 5) is 11.9. The van der Waals surface area contributed by atoms with Crippen molar-refractivity contribution in [3.05, 3.63) is 62.6 Å². The van der Waals surface area contributed by atoms with Crippen molar-refractivity contribution in [1.29, 1.82) is 0 Å². The molecule has 122 valence electrons. The van der Waals surface area contributed by atoms with Gasteiger partial charge in [0.15, 0.2) is 0 Å². The van der Waals surface area contributed by atoms with E-state index in [0.29, 0.717) is 21.5 Å². The molecule has 23 heavy (non-hydrogen) atoms. The van der Waals surface area contributed by atoms with Gasteiger partial charge in [0.1, 0.15) is 0 Å². The van der Waals surface area contributed by atoms with E-state index in [2.05, 4.69) is 5.32 Å². The summed E-state index contributed by atoms with van der Waals surface area (Å²) >= 11 is 19.6. The average molecular weight is 389 g/mol. The van der Waals surface area contributed by atoms with Crippen molar-refractivity contribution in [3.63, 3.8) is 0 Å². The lowest BCUT2D eigenvalue weighted by Gasteiger charge is -2.07. The van der Waals surface area contributed by atoms with Gasteiger partial charge in [-0.25, -0.2) is 0 Å². The number of hydrogen-bond donors (Lipinski definition) is 1. The molecular weight excluding hydrogens is 373 g/mol. The second-order valence-electron chi connectivity index (χ2n) is 5.06. The molecule has 0 aliphatic carbocycles. The zero-order valence-corrected chi connectivity index (χ0v) is 15.6. The Labute approximate surface area is 155 Å². The highest BCUT2D eigenvalue weighted by Gasteiger charge is 2.05. The largest absolute Gasteiger partial charge is 0.326 e. The molecule has 6 heteroatoms. The number of rotatable bonds is 6. The third-order valence-corrected chi connectivity index (χ3v) is 5.36. The van der Waals surface area contributed by atoms with Gasteiger partial charge in [-0.05, 0) is 42.3 Å². The van der Waals surface area contributed by atoms with E-state index in [4.69, 9.17) is 34.8 Å². The van der Waals surface area contributed by atoms with Crippen LogP contribution in [0, 0.1) is 6.92 Å². The maximum absolute atomic E-state index is 11.9. The predicted octanol–water partition coefficient (Wildman–Crippen LogP) is 6.22. The van der Waals surface area contributed by atoms with E-state index in [1.54, 1.807) is 23.9 Å². The van der Waals surface area contributed by atoms with Gasteiger partial charge in [-0.1, -0.05) is 46.9 Å². The monoisotopic (exact) mass is 387 g/mol. The molecule has 2 nitrogen and oxygen atoms in total. The zero-order chi connectivity index (χ0) is 16.8. The maximum Gasteiger partial charge on any atom is 0.225 e. The Morgan fingerprint density at radius 3 is 2.52 bits per heavy atom. The molecule has 2 aromatic rings. The molecule has 1 amide bonds. The van der Waals surface area contributed by atoms with E-state index in [1.165, 1.54) is 0 Å². The van der Waals surface area contributed by atoms with E-state index in [-0.39, 0.29) is 5.91 Å². The van der Waals surface area contributed by atoms with Gasteiger partial charge in [-0.3, -0.25) is 4.79 Å². The summed E-state index contributed by atoms with van der Waals surface area (Å²) in [6.07, 6.45) is 0.442. The van der Waals surface area contributed by atoms with E-state index in [1.807, 2.05) is 31.2 Å². The van der Waals surface area contributed by atoms with E-state index in [9.17, 15) is 4.79 Å². The van der Waals surface area contributed by atoms with Gasteiger partial charge in [0.05, 0.1) is 10.0 Å². The molecule has 0 atom stereocenters. The first kappa shape index (κ1) is 18.5. The van der Waals surface area contributed by atoms with Gasteiger partial charge in [0, 0.05) is 28.6 Å². The standard InChI is InChI=1S/C17H16Cl3NOS/c1-11-2-4-13(9-15(11)19)21-17(22)6-7-23-10-12-3-5-14(18)16(20)8-12/h2-5,8-9H,6-7,10H2,1H3,(H,21,22). The lowest BCUT2D eigenvalue weighted by molar-refractivity contribution is -0.115. The Kier molecular flexibility index (Phi) is 7.09. The number of amides is 1. The Hall–Kier alpha value is -0.870. The minimum Gasteiger partial charge on any atom is -0.326 e. The van der Waals surface area contributed by atoms with Crippen LogP contribution in [-0.2, 0) is 10.5 Å². The van der Waals surface area contributed by atoms with Gasteiger partial charge >= 0.3 is 0 Å². The molecule has 0 saturated carbocycles. The fourth-order valence-electron chi connectivity index (χ4n) is 1.88. The van der Waals surface area contributed by atoms with Crippen LogP contribution < -0.4 is 5.32 Å². The van der Waals surface area contributed by atoms with E-state index >= 15 is 0 Å². The first-order valence-corrected chi connectivity index (χ1v) is 9.32. The van der Waals surface area contributed by atoms with Crippen LogP contribution in [0.2, 0.25) is 15.1 Å². The molecule has 2 rings (SSSR count). The van der Waals surface area contributed by atoms with E-state index < -0.39 is 0 Å². The molecule has 0 radical (unpaired) electrons. The SMILES string of the molecule is Cc1ccc(NC(=O)CCSCc2ccc(Cl)c(Cl)c2)cc1Cl. The summed E-state index contributed by atoms with van der Waals surface area (Å²) in [7, 11) is 0. The zero-order valence-electron chi connectivity index (χ0n) is 12.5. The van der Waals surface area contributed by atoms with Crippen LogP contribution in [0.15, 0.2) is 36.4 Å². The molecule has 0 unspecified atom stereocenters. The molecule has 0 fully saturated rings. The van der Waals surface area contributed by atoms with Gasteiger partial charge in [-0.2, -0.15) is 11.8 Å². The predicted molar refractivity (Wildman–Crippen MR) is 102 cm³/mol. The van der Waals surface area contributed by atoms with Crippen LogP contribution in [0.5, 0.6) is 0 Å². The van der Waals surface area contributed by atoms with Crippen molar-refractivity contribution in [2.75, 3.05) is 11.1 Å². The molecule has 2 aromatic carbocycles. The van der Waals surface area contributed by atoms with Crippen LogP contribution in [0.1, 0.15) is 17.5 Å². The maximum atomic E-state index is 11.9. The third kappa shape index (κ3) is 5.92. The van der Waals surface area contributed by atoms with Gasteiger partial charge in [-0.15, -0.1) is 0 Å². The molecule has 0 saturated heterocycles. The van der Waals surface area contributed by atoms with E-state index in [0.717, 1.165) is 28.3 Å². The number of carbonyl (C=O) groups is 1. The average Bonchev–Trinajstić information content (AvgIpc) is 2.51. The summed E-state index contributed by atoms with van der Waals surface area (Å²) in [5.41, 5.74) is 2.80. The molecule has 0 heterocycles. The summed E-state index contributed by atoms with van der Waals surface area (Å²) < 4.78 is 0. The highest BCUT2D eigenvalue weighted by Crippen LogP contribution is 2.25. The van der Waals surface area contributed by atoms with Gasteiger partial charge in [0.25, 0.3) is 0 Å². The Bertz CT molecular complexity index is 706. The normalized spacial score (nSPS) is 10.6. The minimum atomic E-state index is -0.0217. The van der Waals surface area contributed by atoms with Crippen molar-refractivity contribution in [1.82, 2.24) is 0 Å². The second kappa shape index (κ2) is 8.84. The fourth-order valence-corrected chi connectivity index (χ4v) is 3.27. The summed E-state index contributed by atoms with van der Waals surface area (Å²) in [5.74, 6) is 1.50. The van der Waals surface area contributed by atoms with Gasteiger partial charge < -0.3 is 5.32 Å². The molecule has 0 aliphatic heterocycles. The summed E-state index contributed by atoms with van der Waals surface area (Å²) in [6.45, 7) is 1.92. The Morgan fingerprint density at radius 1 is 1.04 bits per heavy atom. The fraction of sp³-hybridized carbons (Fsp3) is 0.235. The van der Waals surface area contributed by atoms with Crippen molar-refractivity contribution < 1.29 is 4.79 Å². The highest BCUT2D eigenvalue weighted by molar-refractivity contribution is 7.98. The first-order chi connectivity index (χ1) is 11.0. The molecule has 0 aromatic heterocycles. The lowest BCUT2D eigenvalue weighted by Crippen LogP contribution is -2.12. The van der Waals surface area contributed by atoms with Crippen molar-refractivity contribution in [3.8, 4) is 0 Å². The number of carbonyl (C=O) groups excluding carboxylic acids is 1. The molecular formula is C17H16Cl3NOS. The van der Waals surface area contributed by atoms with Crippen LogP contribution in [0.25, 0.3) is 0 Å². The Morgan fingerprint density at radius 2 is 1.83 bits per heavy atom. The van der Waals surface area contributed by atoms with Crippen LogP contribution in [-0.4, -0.2) is 11.7 Å². The highest BCUT2D eigenvalue weighted by atomic mass is 35.5. The summed E-state index contributed by atoms with van der Waals surface area (Å²) in [6, 6.07) is 11.1. The van der Waals surface area contributed by atoms with Crippen molar-refractivity contribution in [2.24, 2.45) is 0 Å². The summed E-state index contributed by atoms with van der Waals surface area (Å²) in [5, 5.41) is 4.61. The lowest BCUT2D eigenvalue weighted by atomic mass is 10.2. The van der Waals surface area contributed by atoms with Crippen LogP contribution in [0.4, 0.5) is 5.69 Å². The molecule has 1 N–H and O–H groups in total. The van der Waals surface area contributed by atoms with Crippen LogP contribution in [0.3, 0.4) is 0 Å². The van der Waals surface area contributed by atoms with Crippen molar-refractivity contribution in [2.45, 2.75) is 19.1 Å². The topological polar surface area (TPSA) is 29.1 Å². The third-order valence-electron chi connectivity index (χ3n) is 3.18. The first-order valence-electron chi connectivity index (χ1n) is 7.03. The number of benzene rings is 2. The number of halogens is 3. The van der Waals surface area contributed by atoms with Crippen LogP contribution >= 0.6 is 46.6 Å². The number of anilines is 1. The number of thioether (sulfide) groups is 1. The number of hydrogen-bond acceptors (Lipinski definition) is 2. The molecule has 0 bridgehead atoms. The second-order valence-corrected chi connectivity index (χ2v) is 7.39. The quantitative estimate of drug-likeness (QED) is 0.595. The molecule has 0 spiro atoms. The number of nitrogens with one attached hydrogen (secondary N) is 1. The molecule has 0 aliphatic rings. The van der Waals surface area contributed by atoms with Gasteiger partial charge in [0.2, 0.25) is 5.91 Å². The number of aryl methyl sites for hydroxylation is 1. The smallest absolute Gasteiger partial charge is 0.225 e. The minimum absolute atomic E-state index is 0.0217. The van der Waals surface area contributed by atoms with Crippen molar-refractivity contribution >= 4 is 58.2 Å².